The molecule has 3 aromatic carbocycles. The molecule has 1 fully saturated rings. The third-order valence-corrected chi connectivity index (χ3v) is 6.52. The molecule has 0 saturated heterocycles. The lowest BCUT2D eigenvalue weighted by atomic mass is 9.77. The van der Waals surface area contributed by atoms with Gasteiger partial charge in [0.15, 0.2) is 17.5 Å². The van der Waals surface area contributed by atoms with Gasteiger partial charge in [-0.05, 0) is 78.0 Å². The third kappa shape index (κ3) is 4.68. The van der Waals surface area contributed by atoms with Crippen LogP contribution in [0.5, 0.6) is 0 Å². The Kier molecular flexibility index (Phi) is 6.45. The van der Waals surface area contributed by atoms with E-state index in [1.807, 2.05) is 12.1 Å². The average Bonchev–Trinajstić information content (AvgIpc) is 2.78. The fraction of sp³-hybridized carbons (Fsp3) is 0.333. The van der Waals surface area contributed by atoms with Crippen LogP contribution in [0.15, 0.2) is 54.6 Å². The highest BCUT2D eigenvalue weighted by Gasteiger charge is 2.22. The molecule has 0 aromatic heterocycles. The summed E-state index contributed by atoms with van der Waals surface area (Å²) in [4.78, 5) is 0. The summed E-state index contributed by atoms with van der Waals surface area (Å²) in [7, 11) is 0. The Morgan fingerprint density at radius 2 is 1.26 bits per heavy atom. The second kappa shape index (κ2) is 9.25. The quantitative estimate of drug-likeness (QED) is 0.283. The first kappa shape index (κ1) is 21.6. The summed E-state index contributed by atoms with van der Waals surface area (Å²) in [6.07, 6.45) is 7.60. The van der Waals surface area contributed by atoms with Crippen molar-refractivity contribution in [3.05, 3.63) is 83.4 Å². The highest BCUT2D eigenvalue weighted by molar-refractivity contribution is 5.71. The van der Waals surface area contributed by atoms with E-state index >= 15 is 0 Å². The molecular formula is C27H26F4. The van der Waals surface area contributed by atoms with Gasteiger partial charge in [0.25, 0.3) is 0 Å². The third-order valence-electron chi connectivity index (χ3n) is 6.52. The fourth-order valence-corrected chi connectivity index (χ4v) is 4.78. The summed E-state index contributed by atoms with van der Waals surface area (Å²) in [6, 6.07) is 14.4. The molecule has 1 aliphatic carbocycles. The van der Waals surface area contributed by atoms with Gasteiger partial charge in [-0.25, -0.2) is 17.6 Å². The van der Waals surface area contributed by atoms with Crippen LogP contribution in [0.2, 0.25) is 0 Å². The maximum Gasteiger partial charge on any atom is 0.194 e. The second-order valence-electron chi connectivity index (χ2n) is 8.58. The Hall–Kier alpha value is -2.62. The van der Waals surface area contributed by atoms with Gasteiger partial charge in [-0.15, -0.1) is 0 Å². The Labute approximate surface area is 180 Å². The van der Waals surface area contributed by atoms with E-state index in [1.54, 1.807) is 6.07 Å². The largest absolute Gasteiger partial charge is 0.206 e. The number of benzene rings is 3. The number of halogens is 4. The molecule has 4 heteroatoms. The zero-order valence-electron chi connectivity index (χ0n) is 17.6. The van der Waals surface area contributed by atoms with Crippen LogP contribution in [0.1, 0.15) is 56.9 Å². The van der Waals surface area contributed by atoms with Crippen molar-refractivity contribution in [3.8, 4) is 22.3 Å². The average molecular weight is 426 g/mol. The van der Waals surface area contributed by atoms with Crippen molar-refractivity contribution < 1.29 is 17.6 Å². The monoisotopic (exact) mass is 426 g/mol. The van der Waals surface area contributed by atoms with Gasteiger partial charge < -0.3 is 0 Å². The zero-order chi connectivity index (χ0) is 22.0. The molecule has 0 aliphatic heterocycles. The van der Waals surface area contributed by atoms with E-state index in [1.165, 1.54) is 56.2 Å². The highest BCUT2D eigenvalue weighted by Crippen LogP contribution is 2.38. The van der Waals surface area contributed by atoms with Crippen molar-refractivity contribution in [2.24, 2.45) is 5.92 Å². The summed E-state index contributed by atoms with van der Waals surface area (Å²) in [5, 5.41) is 0. The molecule has 0 bridgehead atoms. The summed E-state index contributed by atoms with van der Waals surface area (Å²) in [5.74, 6) is -3.38. The van der Waals surface area contributed by atoms with Gasteiger partial charge in [0.1, 0.15) is 5.82 Å². The van der Waals surface area contributed by atoms with Gasteiger partial charge >= 0.3 is 0 Å². The van der Waals surface area contributed by atoms with Crippen molar-refractivity contribution in [1.82, 2.24) is 0 Å². The molecule has 0 amide bonds. The normalized spacial score (nSPS) is 18.9. The molecule has 0 atom stereocenters. The molecule has 3 aromatic rings. The van der Waals surface area contributed by atoms with Crippen LogP contribution >= 0.6 is 0 Å². The maximum atomic E-state index is 14.7. The van der Waals surface area contributed by atoms with E-state index < -0.39 is 23.3 Å². The van der Waals surface area contributed by atoms with Gasteiger partial charge in [-0.3, -0.25) is 0 Å². The summed E-state index contributed by atoms with van der Waals surface area (Å²) in [6.45, 7) is 2.25. The molecule has 0 N–H and O–H groups in total. The Morgan fingerprint density at radius 3 is 1.84 bits per heavy atom. The molecule has 1 saturated carbocycles. The van der Waals surface area contributed by atoms with Gasteiger partial charge in [0, 0.05) is 5.56 Å². The first-order chi connectivity index (χ1) is 15.0. The van der Waals surface area contributed by atoms with Crippen molar-refractivity contribution in [1.29, 1.82) is 0 Å². The zero-order valence-corrected chi connectivity index (χ0v) is 17.6. The minimum Gasteiger partial charge on any atom is -0.206 e. The van der Waals surface area contributed by atoms with E-state index in [0.29, 0.717) is 11.5 Å². The SMILES string of the molecule is CCCC1CCC(c2ccc(-c3ccc(-c4cc(F)c(F)c(F)c4)c(F)c3)cc2)CC1. The molecule has 162 valence electrons. The lowest BCUT2D eigenvalue weighted by Crippen LogP contribution is -2.13. The summed E-state index contributed by atoms with van der Waals surface area (Å²) < 4.78 is 54.9. The van der Waals surface area contributed by atoms with E-state index in [2.05, 4.69) is 19.1 Å². The molecule has 0 spiro atoms. The number of hydrogen-bond acceptors (Lipinski definition) is 0. The van der Waals surface area contributed by atoms with Crippen LogP contribution < -0.4 is 0 Å². The minimum atomic E-state index is -1.56. The Bertz CT molecular complexity index is 1020. The van der Waals surface area contributed by atoms with Crippen molar-refractivity contribution in [3.63, 3.8) is 0 Å². The van der Waals surface area contributed by atoms with Crippen molar-refractivity contribution >= 4 is 0 Å². The Balaban J connectivity index is 1.51. The van der Waals surface area contributed by atoms with Gasteiger partial charge in [-0.2, -0.15) is 0 Å². The minimum absolute atomic E-state index is 0.0296. The van der Waals surface area contributed by atoms with Crippen LogP contribution in [0.25, 0.3) is 22.3 Å². The van der Waals surface area contributed by atoms with E-state index in [9.17, 15) is 17.6 Å². The van der Waals surface area contributed by atoms with E-state index in [4.69, 9.17) is 0 Å². The molecule has 0 heterocycles. The second-order valence-corrected chi connectivity index (χ2v) is 8.58. The van der Waals surface area contributed by atoms with Crippen LogP contribution in [-0.4, -0.2) is 0 Å². The molecule has 0 unspecified atom stereocenters. The lowest BCUT2D eigenvalue weighted by Gasteiger charge is -2.28. The van der Waals surface area contributed by atoms with E-state index in [0.717, 1.165) is 23.6 Å². The summed E-state index contributed by atoms with van der Waals surface area (Å²) in [5.41, 5.74) is 2.89. The molecule has 0 radical (unpaired) electrons. The predicted octanol–water partition coefficient (Wildman–Crippen LogP) is 8.65. The van der Waals surface area contributed by atoms with E-state index in [-0.39, 0.29) is 11.1 Å². The van der Waals surface area contributed by atoms with Gasteiger partial charge in [-0.1, -0.05) is 56.2 Å². The molecular weight excluding hydrogens is 400 g/mol. The predicted molar refractivity (Wildman–Crippen MR) is 117 cm³/mol. The number of rotatable bonds is 5. The fourth-order valence-electron chi connectivity index (χ4n) is 4.78. The molecule has 1 aliphatic rings. The standard InChI is InChI=1S/C27H26F4/c1-2-3-17-4-6-18(7-5-17)19-8-10-20(11-9-19)21-12-13-23(24(28)14-21)22-15-25(29)27(31)26(30)16-22/h8-18H,2-7H2,1H3. The topological polar surface area (TPSA) is 0 Å². The maximum absolute atomic E-state index is 14.7. The first-order valence-corrected chi connectivity index (χ1v) is 11.0. The molecule has 31 heavy (non-hydrogen) atoms. The molecule has 0 nitrogen and oxygen atoms in total. The molecule has 4 rings (SSSR count). The van der Waals surface area contributed by atoms with Crippen LogP contribution in [0.4, 0.5) is 17.6 Å². The summed E-state index contributed by atoms with van der Waals surface area (Å²) >= 11 is 0. The first-order valence-electron chi connectivity index (χ1n) is 11.0. The Morgan fingerprint density at radius 1 is 0.677 bits per heavy atom. The lowest BCUT2D eigenvalue weighted by molar-refractivity contribution is 0.308. The van der Waals surface area contributed by atoms with Crippen LogP contribution in [0.3, 0.4) is 0 Å². The number of hydrogen-bond donors (Lipinski definition) is 0. The highest BCUT2D eigenvalue weighted by atomic mass is 19.2. The smallest absolute Gasteiger partial charge is 0.194 e. The van der Waals surface area contributed by atoms with Crippen molar-refractivity contribution in [2.75, 3.05) is 0 Å². The van der Waals surface area contributed by atoms with Crippen LogP contribution in [-0.2, 0) is 0 Å². The van der Waals surface area contributed by atoms with Crippen molar-refractivity contribution in [2.45, 2.75) is 51.4 Å². The van der Waals surface area contributed by atoms with Gasteiger partial charge in [0.2, 0.25) is 0 Å². The van der Waals surface area contributed by atoms with Gasteiger partial charge in [0.05, 0.1) is 0 Å². The van der Waals surface area contributed by atoms with Crippen LogP contribution in [0, 0.1) is 29.2 Å².